The summed E-state index contributed by atoms with van der Waals surface area (Å²) in [5, 5.41) is 4.40. The van der Waals surface area contributed by atoms with E-state index < -0.39 is 0 Å². The Hall–Kier alpha value is -2.12. The van der Waals surface area contributed by atoms with Gasteiger partial charge in [0.15, 0.2) is 0 Å². The molecule has 0 bridgehead atoms. The average molecular weight is 399 g/mol. The minimum Gasteiger partial charge on any atom is -0.360 e. The highest BCUT2D eigenvalue weighted by Gasteiger charge is 2.22. The molecule has 0 saturated carbocycles. The van der Waals surface area contributed by atoms with Gasteiger partial charge in [-0.3, -0.25) is 4.79 Å². The van der Waals surface area contributed by atoms with Gasteiger partial charge in [0.2, 0.25) is 5.91 Å². The number of amides is 1. The Labute approximate surface area is 167 Å². The van der Waals surface area contributed by atoms with Crippen molar-refractivity contribution in [1.29, 1.82) is 0 Å². The molecule has 1 amide bonds. The summed E-state index contributed by atoms with van der Waals surface area (Å²) >= 11 is 3.51. The van der Waals surface area contributed by atoms with Crippen LogP contribution in [0.2, 0.25) is 0 Å². The van der Waals surface area contributed by atoms with E-state index in [0.29, 0.717) is 5.75 Å². The van der Waals surface area contributed by atoms with Crippen molar-refractivity contribution in [3.05, 3.63) is 46.6 Å². The number of rotatable bonds is 6. The highest BCUT2D eigenvalue weighted by Crippen LogP contribution is 2.39. The van der Waals surface area contributed by atoms with Gasteiger partial charge in [-0.25, -0.2) is 9.97 Å². The number of carbonyl (C=O) groups excluding carboxylic acids is 1. The zero-order chi connectivity index (χ0) is 18.8. The number of nitrogens with one attached hydrogen (secondary N) is 1. The summed E-state index contributed by atoms with van der Waals surface area (Å²) in [6.45, 7) is 0.245. The third-order valence-electron chi connectivity index (χ3n) is 4.63. The van der Waals surface area contributed by atoms with Crippen molar-refractivity contribution in [2.45, 2.75) is 29.9 Å². The van der Waals surface area contributed by atoms with E-state index in [2.05, 4.69) is 17.4 Å². The molecule has 1 aliphatic carbocycles. The molecule has 4 rings (SSSR count). The number of aromatic nitrogens is 2. The lowest BCUT2D eigenvalue weighted by atomic mass is 10.2. The molecule has 140 valence electrons. The quantitative estimate of drug-likeness (QED) is 0.637. The molecule has 7 heteroatoms. The van der Waals surface area contributed by atoms with Crippen LogP contribution in [0.15, 0.2) is 35.2 Å². The Morgan fingerprint density at radius 1 is 1.22 bits per heavy atom. The van der Waals surface area contributed by atoms with E-state index in [0.717, 1.165) is 34.7 Å². The molecule has 0 saturated heterocycles. The van der Waals surface area contributed by atoms with Crippen molar-refractivity contribution in [3.63, 3.8) is 0 Å². The van der Waals surface area contributed by atoms with E-state index in [1.54, 1.807) is 42.1 Å². The summed E-state index contributed by atoms with van der Waals surface area (Å²) in [4.78, 5) is 26.9. The second-order valence-electron chi connectivity index (χ2n) is 6.77. The van der Waals surface area contributed by atoms with Gasteiger partial charge in [-0.15, -0.1) is 23.1 Å². The molecule has 3 aromatic rings. The van der Waals surface area contributed by atoms with Gasteiger partial charge < -0.3 is 10.2 Å². The molecule has 0 spiro atoms. The number of benzene rings is 1. The van der Waals surface area contributed by atoms with Crippen LogP contribution >= 0.6 is 23.1 Å². The minimum atomic E-state index is 0.0360. The first kappa shape index (κ1) is 18.3. The summed E-state index contributed by atoms with van der Waals surface area (Å²) in [5.41, 5.74) is 1.37. The minimum absolute atomic E-state index is 0.0360. The molecule has 1 aromatic carbocycles. The number of hydrogen-bond acceptors (Lipinski definition) is 6. The summed E-state index contributed by atoms with van der Waals surface area (Å²) in [6, 6.07) is 10.3. The van der Waals surface area contributed by atoms with Crippen molar-refractivity contribution in [2.24, 2.45) is 0 Å². The van der Waals surface area contributed by atoms with Gasteiger partial charge in [-0.1, -0.05) is 18.2 Å². The van der Waals surface area contributed by atoms with E-state index in [1.165, 1.54) is 21.8 Å². The summed E-state index contributed by atoms with van der Waals surface area (Å²) in [6.07, 6.45) is 3.40. The number of likely N-dealkylation sites (N-methyl/N-ethyl adjacent to an activating group) is 1. The van der Waals surface area contributed by atoms with Crippen LogP contribution in [0, 0.1) is 0 Å². The molecule has 0 fully saturated rings. The molecule has 1 aliphatic rings. The summed E-state index contributed by atoms with van der Waals surface area (Å²) < 4.78 is 0. The predicted molar refractivity (Wildman–Crippen MR) is 113 cm³/mol. The van der Waals surface area contributed by atoms with Crippen molar-refractivity contribution < 1.29 is 4.79 Å². The third-order valence-corrected chi connectivity index (χ3v) is 6.82. The van der Waals surface area contributed by atoms with E-state index in [-0.39, 0.29) is 12.5 Å². The van der Waals surface area contributed by atoms with Crippen molar-refractivity contribution >= 4 is 45.0 Å². The molecule has 0 radical (unpaired) electrons. The van der Waals surface area contributed by atoms with Crippen LogP contribution in [0.4, 0.5) is 5.82 Å². The maximum Gasteiger partial charge on any atom is 0.241 e. The smallest absolute Gasteiger partial charge is 0.241 e. The first-order chi connectivity index (χ1) is 13.1. The number of anilines is 1. The number of thioether (sulfide) groups is 1. The Bertz CT molecular complexity index is 969. The predicted octanol–water partition coefficient (Wildman–Crippen LogP) is 3.97. The van der Waals surface area contributed by atoms with E-state index in [4.69, 9.17) is 9.97 Å². The zero-order valence-corrected chi connectivity index (χ0v) is 17.1. The standard InChI is InChI=1S/C20H22N4OS2/c1-24(2)17(25)11-21-19-18-14-9-6-10-15(14)27-20(18)23-16(22-19)12-26-13-7-4-3-5-8-13/h3-5,7-8H,6,9-12H2,1-2H3,(H,21,22,23). The molecular formula is C20H22N4OS2. The van der Waals surface area contributed by atoms with Gasteiger partial charge in [0.25, 0.3) is 0 Å². The average Bonchev–Trinajstić information content (AvgIpc) is 3.25. The molecule has 27 heavy (non-hydrogen) atoms. The topological polar surface area (TPSA) is 58.1 Å². The fourth-order valence-electron chi connectivity index (χ4n) is 3.21. The molecule has 1 N–H and O–H groups in total. The van der Waals surface area contributed by atoms with Gasteiger partial charge in [0, 0.05) is 23.9 Å². The van der Waals surface area contributed by atoms with E-state index in [9.17, 15) is 4.79 Å². The van der Waals surface area contributed by atoms with Crippen LogP contribution in [0.1, 0.15) is 22.7 Å². The lowest BCUT2D eigenvalue weighted by molar-refractivity contribution is -0.126. The molecule has 2 aromatic heterocycles. The second-order valence-corrected chi connectivity index (χ2v) is 8.90. The van der Waals surface area contributed by atoms with E-state index >= 15 is 0 Å². The highest BCUT2D eigenvalue weighted by atomic mass is 32.2. The number of thiophene rings is 1. The normalized spacial score (nSPS) is 13.0. The SMILES string of the molecule is CN(C)C(=O)CNc1nc(CSc2ccccc2)nc2sc3c(c12)CCC3. The van der Waals surface area contributed by atoms with Crippen molar-refractivity contribution in [3.8, 4) is 0 Å². The number of fused-ring (bicyclic) bond motifs is 3. The second kappa shape index (κ2) is 7.86. The van der Waals surface area contributed by atoms with Crippen LogP contribution in [0.3, 0.4) is 0 Å². The van der Waals surface area contributed by atoms with Crippen LogP contribution in [-0.2, 0) is 23.4 Å². The number of aryl methyl sites for hydroxylation is 2. The van der Waals surface area contributed by atoms with Gasteiger partial charge in [0.1, 0.15) is 16.5 Å². The highest BCUT2D eigenvalue weighted by molar-refractivity contribution is 7.98. The largest absolute Gasteiger partial charge is 0.360 e. The first-order valence-corrected chi connectivity index (χ1v) is 10.8. The van der Waals surface area contributed by atoms with Crippen LogP contribution < -0.4 is 5.32 Å². The van der Waals surface area contributed by atoms with Gasteiger partial charge in [0.05, 0.1) is 17.7 Å². The van der Waals surface area contributed by atoms with Crippen molar-refractivity contribution in [2.75, 3.05) is 26.0 Å². The number of hydrogen-bond donors (Lipinski definition) is 1. The van der Waals surface area contributed by atoms with Crippen LogP contribution in [-0.4, -0.2) is 41.4 Å². The Morgan fingerprint density at radius 2 is 2.04 bits per heavy atom. The Kier molecular flexibility index (Phi) is 5.31. The molecule has 2 heterocycles. The van der Waals surface area contributed by atoms with Gasteiger partial charge in [-0.05, 0) is 37.0 Å². The number of nitrogens with zero attached hydrogens (tertiary/aromatic N) is 3. The first-order valence-electron chi connectivity index (χ1n) is 9.05. The third kappa shape index (κ3) is 3.94. The monoisotopic (exact) mass is 398 g/mol. The molecular weight excluding hydrogens is 376 g/mol. The maximum absolute atomic E-state index is 12.0. The van der Waals surface area contributed by atoms with Gasteiger partial charge in [-0.2, -0.15) is 0 Å². The maximum atomic E-state index is 12.0. The molecule has 0 atom stereocenters. The zero-order valence-electron chi connectivity index (χ0n) is 15.5. The molecule has 0 aliphatic heterocycles. The summed E-state index contributed by atoms with van der Waals surface area (Å²) in [7, 11) is 3.54. The van der Waals surface area contributed by atoms with Crippen molar-refractivity contribution in [1.82, 2.24) is 14.9 Å². The Balaban J connectivity index is 1.63. The van der Waals surface area contributed by atoms with E-state index in [1.807, 2.05) is 18.2 Å². The number of carbonyl (C=O) groups is 1. The van der Waals surface area contributed by atoms with Crippen LogP contribution in [0.5, 0.6) is 0 Å². The lowest BCUT2D eigenvalue weighted by Crippen LogP contribution is -2.29. The fraction of sp³-hybridized carbons (Fsp3) is 0.350. The lowest BCUT2D eigenvalue weighted by Gasteiger charge is -2.13. The van der Waals surface area contributed by atoms with Gasteiger partial charge >= 0.3 is 0 Å². The Morgan fingerprint density at radius 3 is 2.81 bits per heavy atom. The fourth-order valence-corrected chi connectivity index (χ4v) is 5.27. The molecule has 0 unspecified atom stereocenters. The summed E-state index contributed by atoms with van der Waals surface area (Å²) in [5.74, 6) is 2.35. The van der Waals surface area contributed by atoms with Crippen LogP contribution in [0.25, 0.3) is 10.2 Å². The molecule has 5 nitrogen and oxygen atoms in total.